The lowest BCUT2D eigenvalue weighted by atomic mass is 10.0. The van der Waals surface area contributed by atoms with Gasteiger partial charge in [-0.2, -0.15) is 0 Å². The summed E-state index contributed by atoms with van der Waals surface area (Å²) >= 11 is 0. The van der Waals surface area contributed by atoms with Gasteiger partial charge in [0, 0.05) is 31.6 Å². The molecular weight excluding hydrogens is 336 g/mol. The second-order valence-electron chi connectivity index (χ2n) is 7.15. The molecule has 1 saturated heterocycles. The standard InChI is InChI=1S/C23H24N2O2/c1-17-9-10-21(16-24-17)27-20-11-13-25(14-12-20)23(26)15-19-7-4-6-18-5-2-3-8-22(18)19/h2-10,16,20H,11-15H2,1H3. The topological polar surface area (TPSA) is 42.4 Å². The molecule has 1 amide bonds. The first kappa shape index (κ1) is 17.5. The van der Waals surface area contributed by atoms with Crippen LogP contribution < -0.4 is 4.74 Å². The lowest BCUT2D eigenvalue weighted by Crippen LogP contribution is -2.42. The van der Waals surface area contributed by atoms with Gasteiger partial charge in [0.2, 0.25) is 5.91 Å². The number of pyridine rings is 1. The van der Waals surface area contributed by atoms with E-state index in [0.29, 0.717) is 6.42 Å². The molecule has 4 rings (SSSR count). The van der Waals surface area contributed by atoms with Crippen LogP contribution in [0.25, 0.3) is 10.8 Å². The van der Waals surface area contributed by atoms with E-state index in [2.05, 4.69) is 29.2 Å². The number of hydrogen-bond donors (Lipinski definition) is 0. The predicted molar refractivity (Wildman–Crippen MR) is 107 cm³/mol. The number of carbonyl (C=O) groups is 1. The van der Waals surface area contributed by atoms with Crippen molar-refractivity contribution in [2.75, 3.05) is 13.1 Å². The van der Waals surface area contributed by atoms with Crippen LogP contribution in [0, 0.1) is 6.92 Å². The minimum absolute atomic E-state index is 0.149. The normalized spacial score (nSPS) is 15.1. The van der Waals surface area contributed by atoms with Crippen molar-refractivity contribution in [2.24, 2.45) is 0 Å². The summed E-state index contributed by atoms with van der Waals surface area (Å²) in [5.74, 6) is 1.00. The molecule has 0 atom stereocenters. The minimum atomic E-state index is 0.149. The maximum atomic E-state index is 12.8. The summed E-state index contributed by atoms with van der Waals surface area (Å²) < 4.78 is 6.01. The smallest absolute Gasteiger partial charge is 0.227 e. The highest BCUT2D eigenvalue weighted by molar-refractivity contribution is 5.90. The Hall–Kier alpha value is -2.88. The number of piperidine rings is 1. The number of aryl methyl sites for hydroxylation is 1. The average molecular weight is 360 g/mol. The lowest BCUT2D eigenvalue weighted by Gasteiger charge is -2.32. The molecule has 1 aliphatic rings. The van der Waals surface area contributed by atoms with Gasteiger partial charge in [0.05, 0.1) is 12.6 Å². The number of fused-ring (bicyclic) bond motifs is 1. The Labute approximate surface area is 159 Å². The molecule has 0 bridgehead atoms. The molecule has 0 aliphatic carbocycles. The van der Waals surface area contributed by atoms with E-state index in [9.17, 15) is 4.79 Å². The van der Waals surface area contributed by atoms with E-state index in [0.717, 1.165) is 42.9 Å². The monoisotopic (exact) mass is 360 g/mol. The zero-order valence-electron chi connectivity index (χ0n) is 15.6. The summed E-state index contributed by atoms with van der Waals surface area (Å²) in [5.41, 5.74) is 2.08. The first-order valence-electron chi connectivity index (χ1n) is 9.53. The van der Waals surface area contributed by atoms with Crippen molar-refractivity contribution in [3.05, 3.63) is 72.1 Å². The van der Waals surface area contributed by atoms with E-state index in [1.54, 1.807) is 6.20 Å². The Kier molecular flexibility index (Phi) is 5.05. The fourth-order valence-corrected chi connectivity index (χ4v) is 3.66. The van der Waals surface area contributed by atoms with E-state index in [4.69, 9.17) is 4.74 Å². The quantitative estimate of drug-likeness (QED) is 0.702. The molecule has 138 valence electrons. The molecule has 2 aromatic carbocycles. The Morgan fingerprint density at radius 3 is 2.63 bits per heavy atom. The van der Waals surface area contributed by atoms with Crippen LogP contribution in [0.1, 0.15) is 24.1 Å². The van der Waals surface area contributed by atoms with Crippen LogP contribution >= 0.6 is 0 Å². The molecule has 1 aromatic heterocycles. The van der Waals surface area contributed by atoms with Gasteiger partial charge >= 0.3 is 0 Å². The summed E-state index contributed by atoms with van der Waals surface area (Å²) in [6.45, 7) is 3.45. The van der Waals surface area contributed by atoms with Crippen molar-refractivity contribution in [2.45, 2.75) is 32.3 Å². The molecule has 0 unspecified atom stereocenters. The summed E-state index contributed by atoms with van der Waals surface area (Å²) in [6.07, 6.45) is 4.09. The second-order valence-corrected chi connectivity index (χ2v) is 7.15. The third-order valence-corrected chi connectivity index (χ3v) is 5.20. The third-order valence-electron chi connectivity index (χ3n) is 5.20. The van der Waals surface area contributed by atoms with Crippen LogP contribution in [0.3, 0.4) is 0 Å². The number of likely N-dealkylation sites (tertiary alicyclic amines) is 1. The number of hydrogen-bond acceptors (Lipinski definition) is 3. The molecule has 0 spiro atoms. The SMILES string of the molecule is Cc1ccc(OC2CCN(C(=O)Cc3cccc4ccccc34)CC2)cn1. The summed E-state index contributed by atoms with van der Waals surface area (Å²) in [7, 11) is 0. The van der Waals surface area contributed by atoms with Gasteiger partial charge in [-0.3, -0.25) is 9.78 Å². The number of benzene rings is 2. The van der Waals surface area contributed by atoms with E-state index >= 15 is 0 Å². The predicted octanol–water partition coefficient (Wildman–Crippen LogP) is 4.16. The van der Waals surface area contributed by atoms with E-state index in [1.165, 1.54) is 10.8 Å². The average Bonchev–Trinajstić information content (AvgIpc) is 2.70. The molecule has 1 aliphatic heterocycles. The number of rotatable bonds is 4. The van der Waals surface area contributed by atoms with Crippen LogP contribution in [0.5, 0.6) is 5.75 Å². The molecule has 3 aromatic rings. The Morgan fingerprint density at radius 1 is 1.07 bits per heavy atom. The fraction of sp³-hybridized carbons (Fsp3) is 0.304. The molecule has 27 heavy (non-hydrogen) atoms. The second kappa shape index (κ2) is 7.78. The van der Waals surface area contributed by atoms with Gasteiger partial charge in [0.1, 0.15) is 11.9 Å². The van der Waals surface area contributed by atoms with E-state index < -0.39 is 0 Å². The van der Waals surface area contributed by atoms with Crippen LogP contribution in [0.15, 0.2) is 60.8 Å². The molecule has 0 N–H and O–H groups in total. The number of nitrogens with zero attached hydrogens (tertiary/aromatic N) is 2. The number of amides is 1. The van der Waals surface area contributed by atoms with Crippen molar-refractivity contribution in [3.8, 4) is 5.75 Å². The molecular formula is C23H24N2O2. The maximum Gasteiger partial charge on any atom is 0.227 e. The molecule has 2 heterocycles. The van der Waals surface area contributed by atoms with Gasteiger partial charge in [-0.1, -0.05) is 42.5 Å². The number of carbonyl (C=O) groups excluding carboxylic acids is 1. The molecule has 1 fully saturated rings. The first-order chi connectivity index (χ1) is 13.2. The summed E-state index contributed by atoms with van der Waals surface area (Å²) in [5, 5.41) is 2.35. The lowest BCUT2D eigenvalue weighted by molar-refractivity contribution is -0.132. The fourth-order valence-electron chi connectivity index (χ4n) is 3.66. The van der Waals surface area contributed by atoms with Gasteiger partial charge in [0.15, 0.2) is 0 Å². The minimum Gasteiger partial charge on any atom is -0.489 e. The third kappa shape index (κ3) is 4.11. The van der Waals surface area contributed by atoms with Gasteiger partial charge in [-0.25, -0.2) is 0 Å². The van der Waals surface area contributed by atoms with Crippen LogP contribution in [-0.2, 0) is 11.2 Å². The molecule has 0 saturated carbocycles. The zero-order valence-corrected chi connectivity index (χ0v) is 15.6. The van der Waals surface area contributed by atoms with Gasteiger partial charge in [-0.05, 0) is 35.4 Å². The van der Waals surface area contributed by atoms with E-state index in [-0.39, 0.29) is 12.0 Å². The van der Waals surface area contributed by atoms with Gasteiger partial charge in [0.25, 0.3) is 0 Å². The number of aromatic nitrogens is 1. The van der Waals surface area contributed by atoms with Crippen molar-refractivity contribution >= 4 is 16.7 Å². The molecule has 0 radical (unpaired) electrons. The zero-order chi connectivity index (χ0) is 18.6. The molecule has 4 heteroatoms. The Balaban J connectivity index is 1.35. The van der Waals surface area contributed by atoms with Crippen LogP contribution in [0.4, 0.5) is 0 Å². The highest BCUT2D eigenvalue weighted by Gasteiger charge is 2.24. The van der Waals surface area contributed by atoms with E-state index in [1.807, 2.05) is 42.2 Å². The van der Waals surface area contributed by atoms with Crippen molar-refractivity contribution in [3.63, 3.8) is 0 Å². The van der Waals surface area contributed by atoms with Crippen molar-refractivity contribution in [1.82, 2.24) is 9.88 Å². The van der Waals surface area contributed by atoms with Crippen LogP contribution in [0.2, 0.25) is 0 Å². The highest BCUT2D eigenvalue weighted by Crippen LogP contribution is 2.22. The Bertz CT molecular complexity index is 923. The number of ether oxygens (including phenoxy) is 1. The molecule has 4 nitrogen and oxygen atoms in total. The first-order valence-corrected chi connectivity index (χ1v) is 9.53. The summed E-state index contributed by atoms with van der Waals surface area (Å²) in [6, 6.07) is 18.3. The van der Waals surface area contributed by atoms with Crippen molar-refractivity contribution in [1.29, 1.82) is 0 Å². The van der Waals surface area contributed by atoms with Crippen molar-refractivity contribution < 1.29 is 9.53 Å². The summed E-state index contributed by atoms with van der Waals surface area (Å²) in [4.78, 5) is 19.0. The maximum absolute atomic E-state index is 12.8. The van der Waals surface area contributed by atoms with Gasteiger partial charge in [-0.15, -0.1) is 0 Å². The van der Waals surface area contributed by atoms with Gasteiger partial charge < -0.3 is 9.64 Å². The van der Waals surface area contributed by atoms with Crippen LogP contribution in [-0.4, -0.2) is 35.0 Å². The largest absolute Gasteiger partial charge is 0.489 e. The Morgan fingerprint density at radius 2 is 1.85 bits per heavy atom. The highest BCUT2D eigenvalue weighted by atomic mass is 16.5.